The summed E-state index contributed by atoms with van der Waals surface area (Å²) in [5, 5.41) is 12.7. The highest BCUT2D eigenvalue weighted by Gasteiger charge is 2.33. The van der Waals surface area contributed by atoms with E-state index in [1.54, 1.807) is 75.3 Å². The number of aromatic nitrogens is 2. The van der Waals surface area contributed by atoms with Crippen LogP contribution in [0.4, 0.5) is 23.7 Å². The number of piperidine rings is 1. The number of amides is 2. The second kappa shape index (κ2) is 13.2. The SMILES string of the molecule is Cc1c(CC(=O)Nc2ccc(C(F)(F)F)cc2Cl)c2nc(-c3ccc(C(C)(C)O)cc3)oc2c(=O)n1C1CCN(C(=O)OC(C)(C)C)CC1. The normalized spacial score (nSPS) is 14.7. The second-order valence-corrected chi connectivity index (χ2v) is 14.1. The van der Waals surface area contributed by atoms with Gasteiger partial charge in [0.2, 0.25) is 17.4 Å². The van der Waals surface area contributed by atoms with E-state index in [2.05, 4.69) is 10.3 Å². The van der Waals surface area contributed by atoms with E-state index in [0.29, 0.717) is 48.3 Å². The van der Waals surface area contributed by atoms with E-state index in [4.69, 9.17) is 20.8 Å². The van der Waals surface area contributed by atoms with Crippen molar-refractivity contribution >= 4 is 40.4 Å². The number of benzene rings is 2. The molecule has 0 bridgehead atoms. The van der Waals surface area contributed by atoms with Crippen LogP contribution in [0.15, 0.2) is 51.7 Å². The minimum Gasteiger partial charge on any atom is -0.444 e. The number of aliphatic hydroxyl groups is 1. The van der Waals surface area contributed by atoms with Crippen molar-refractivity contribution in [3.05, 3.63) is 80.2 Å². The van der Waals surface area contributed by atoms with Crippen molar-refractivity contribution < 1.29 is 37.0 Å². The number of nitrogens with zero attached hydrogens (tertiary/aromatic N) is 3. The van der Waals surface area contributed by atoms with Crippen LogP contribution >= 0.6 is 11.6 Å². The molecule has 2 aromatic carbocycles. The average Bonchev–Trinajstić information content (AvgIpc) is 3.45. The maximum Gasteiger partial charge on any atom is 0.416 e. The zero-order valence-corrected chi connectivity index (χ0v) is 28.8. The number of halogens is 4. The van der Waals surface area contributed by atoms with Gasteiger partial charge >= 0.3 is 12.3 Å². The van der Waals surface area contributed by atoms with Gasteiger partial charge in [0.15, 0.2) is 0 Å². The van der Waals surface area contributed by atoms with Gasteiger partial charge in [-0.3, -0.25) is 9.59 Å². The van der Waals surface area contributed by atoms with Crippen molar-refractivity contribution in [3.63, 3.8) is 0 Å². The van der Waals surface area contributed by atoms with Gasteiger partial charge in [-0.15, -0.1) is 0 Å². The summed E-state index contributed by atoms with van der Waals surface area (Å²) in [6.07, 6.45) is -4.50. The Morgan fingerprint density at radius 3 is 2.20 bits per heavy atom. The van der Waals surface area contributed by atoms with Gasteiger partial charge in [-0.25, -0.2) is 9.78 Å². The minimum atomic E-state index is -4.61. The van der Waals surface area contributed by atoms with Crippen LogP contribution in [-0.2, 0) is 27.7 Å². The lowest BCUT2D eigenvalue weighted by Crippen LogP contribution is -2.43. The molecule has 2 amide bonds. The molecule has 49 heavy (non-hydrogen) atoms. The van der Waals surface area contributed by atoms with Crippen molar-refractivity contribution in [1.82, 2.24) is 14.5 Å². The summed E-state index contributed by atoms with van der Waals surface area (Å²) in [5.41, 5.74) is -1.04. The first kappa shape index (κ1) is 35.9. The Morgan fingerprint density at radius 2 is 1.65 bits per heavy atom. The third kappa shape index (κ3) is 7.94. The van der Waals surface area contributed by atoms with Gasteiger partial charge in [0.25, 0.3) is 5.56 Å². The van der Waals surface area contributed by atoms with Crippen LogP contribution in [0.25, 0.3) is 22.6 Å². The number of alkyl halides is 3. The fourth-order valence-corrected chi connectivity index (χ4v) is 6.05. The summed E-state index contributed by atoms with van der Waals surface area (Å²) in [4.78, 5) is 46.4. The molecule has 1 aliphatic rings. The van der Waals surface area contributed by atoms with E-state index >= 15 is 0 Å². The Labute approximate surface area is 285 Å². The number of fused-ring (bicyclic) bond motifs is 1. The fourth-order valence-electron chi connectivity index (χ4n) is 5.82. The average molecular weight is 703 g/mol. The first-order valence-electron chi connectivity index (χ1n) is 15.8. The number of hydrogen-bond donors (Lipinski definition) is 2. The highest BCUT2D eigenvalue weighted by molar-refractivity contribution is 6.33. The Balaban J connectivity index is 1.52. The first-order valence-corrected chi connectivity index (χ1v) is 16.1. The molecule has 1 aliphatic heterocycles. The smallest absolute Gasteiger partial charge is 0.416 e. The number of ether oxygens (including phenoxy) is 1. The van der Waals surface area contributed by atoms with Gasteiger partial charge in [0, 0.05) is 36.0 Å². The Kier molecular flexibility index (Phi) is 9.65. The number of oxazole rings is 1. The number of pyridine rings is 1. The van der Waals surface area contributed by atoms with Crippen molar-refractivity contribution in [2.75, 3.05) is 18.4 Å². The highest BCUT2D eigenvalue weighted by Crippen LogP contribution is 2.35. The molecular weight excluding hydrogens is 665 g/mol. The zero-order valence-electron chi connectivity index (χ0n) is 28.0. The van der Waals surface area contributed by atoms with Crippen molar-refractivity contribution in [3.8, 4) is 11.5 Å². The Morgan fingerprint density at radius 1 is 1.04 bits per heavy atom. The third-order valence-electron chi connectivity index (χ3n) is 8.35. The van der Waals surface area contributed by atoms with Gasteiger partial charge in [-0.1, -0.05) is 23.7 Å². The molecule has 0 unspecified atom stereocenters. The van der Waals surface area contributed by atoms with Crippen LogP contribution in [0.2, 0.25) is 5.02 Å². The molecule has 0 radical (unpaired) electrons. The van der Waals surface area contributed by atoms with Gasteiger partial charge in [-0.2, -0.15) is 13.2 Å². The van der Waals surface area contributed by atoms with Crippen LogP contribution < -0.4 is 10.9 Å². The predicted molar refractivity (Wildman–Crippen MR) is 179 cm³/mol. The molecule has 262 valence electrons. The van der Waals surface area contributed by atoms with E-state index in [-0.39, 0.29) is 40.2 Å². The van der Waals surface area contributed by atoms with E-state index < -0.39 is 40.5 Å². The van der Waals surface area contributed by atoms with Crippen LogP contribution in [0.3, 0.4) is 0 Å². The van der Waals surface area contributed by atoms with E-state index in [1.165, 1.54) is 0 Å². The minimum absolute atomic E-state index is 0.0101. The maximum absolute atomic E-state index is 14.0. The number of anilines is 1. The van der Waals surface area contributed by atoms with Gasteiger partial charge in [-0.05, 0) is 90.3 Å². The zero-order chi connectivity index (χ0) is 36.1. The number of carbonyl (C=O) groups is 2. The lowest BCUT2D eigenvalue weighted by Gasteiger charge is -2.35. The van der Waals surface area contributed by atoms with E-state index in [9.17, 15) is 32.7 Å². The van der Waals surface area contributed by atoms with Crippen molar-refractivity contribution in [2.45, 2.75) is 84.2 Å². The standard InChI is InChI=1S/C35H38ClF3N4O6/c1-19-24(18-27(44)40-26-12-11-22(17-25(26)36)35(37,38)39)28-29(48-30(41-28)20-7-9-21(10-8-20)34(5,6)47)31(45)43(19)23-13-15-42(16-14-23)32(46)49-33(2,3)4/h7-12,17,23,47H,13-16,18H2,1-6H3,(H,40,44). The molecule has 0 aliphatic carbocycles. The molecule has 1 fully saturated rings. The molecule has 4 aromatic rings. The molecule has 1 saturated heterocycles. The van der Waals surface area contributed by atoms with Gasteiger partial charge in [0.05, 0.1) is 28.3 Å². The van der Waals surface area contributed by atoms with E-state index in [1.807, 2.05) is 0 Å². The second-order valence-electron chi connectivity index (χ2n) is 13.7. The number of nitrogens with one attached hydrogen (secondary N) is 1. The highest BCUT2D eigenvalue weighted by atomic mass is 35.5. The van der Waals surface area contributed by atoms with Crippen LogP contribution in [-0.4, -0.2) is 50.2 Å². The van der Waals surface area contributed by atoms with Gasteiger partial charge < -0.3 is 29.0 Å². The predicted octanol–water partition coefficient (Wildman–Crippen LogP) is 7.62. The molecule has 2 N–H and O–H groups in total. The molecule has 0 atom stereocenters. The van der Waals surface area contributed by atoms with Crippen molar-refractivity contribution in [1.29, 1.82) is 0 Å². The largest absolute Gasteiger partial charge is 0.444 e. The first-order chi connectivity index (χ1) is 22.7. The number of carbonyl (C=O) groups excluding carboxylic acids is 2. The van der Waals surface area contributed by atoms with E-state index in [0.717, 1.165) is 18.2 Å². The van der Waals surface area contributed by atoms with Crippen LogP contribution in [0.1, 0.15) is 75.9 Å². The summed E-state index contributed by atoms with van der Waals surface area (Å²) in [6.45, 7) is 11.0. The number of hydrogen-bond acceptors (Lipinski definition) is 7. The molecule has 5 rings (SSSR count). The Hall–Kier alpha value is -4.36. The molecule has 14 heteroatoms. The summed E-state index contributed by atoms with van der Waals surface area (Å²) in [5.74, 6) is -0.478. The summed E-state index contributed by atoms with van der Waals surface area (Å²) >= 11 is 6.10. The lowest BCUT2D eigenvalue weighted by atomic mass is 9.97. The number of rotatable bonds is 6. The molecule has 2 aromatic heterocycles. The monoisotopic (exact) mass is 702 g/mol. The molecule has 3 heterocycles. The van der Waals surface area contributed by atoms with Crippen molar-refractivity contribution in [2.24, 2.45) is 0 Å². The van der Waals surface area contributed by atoms with Crippen LogP contribution in [0.5, 0.6) is 0 Å². The molecular formula is C35H38ClF3N4O6. The topological polar surface area (TPSA) is 127 Å². The van der Waals surface area contributed by atoms with Crippen LogP contribution in [0, 0.1) is 6.92 Å². The molecule has 10 nitrogen and oxygen atoms in total. The fraction of sp³-hybridized carbons (Fsp3) is 0.429. The number of likely N-dealkylation sites (tertiary alicyclic amines) is 1. The molecule has 0 spiro atoms. The lowest BCUT2D eigenvalue weighted by molar-refractivity contribution is -0.137. The third-order valence-corrected chi connectivity index (χ3v) is 8.66. The summed E-state index contributed by atoms with van der Waals surface area (Å²) in [7, 11) is 0. The van der Waals surface area contributed by atoms with Gasteiger partial charge in [0.1, 0.15) is 11.1 Å². The summed E-state index contributed by atoms with van der Waals surface area (Å²) in [6, 6.07) is 9.13. The quantitative estimate of drug-likeness (QED) is 0.212. The Bertz CT molecular complexity index is 1950. The maximum atomic E-state index is 14.0. The molecule has 0 saturated carbocycles. The summed E-state index contributed by atoms with van der Waals surface area (Å²) < 4.78 is 52.6.